The highest BCUT2D eigenvalue weighted by Gasteiger charge is 2.17. The third-order valence-electron chi connectivity index (χ3n) is 2.15. The van der Waals surface area contributed by atoms with Gasteiger partial charge < -0.3 is 5.32 Å². The highest BCUT2D eigenvalue weighted by molar-refractivity contribution is 5.18. The maximum absolute atomic E-state index is 4.19. The first-order valence-corrected chi connectivity index (χ1v) is 4.32. The predicted octanol–water partition coefficient (Wildman–Crippen LogP) is -0.153. The number of hydrogen-bond acceptors (Lipinski definition) is 4. The number of nitrogens with zero attached hydrogens (tertiary/aromatic N) is 4. The van der Waals surface area contributed by atoms with Crippen LogP contribution in [0.1, 0.15) is 17.4 Å². The van der Waals surface area contributed by atoms with Crippen LogP contribution >= 0.6 is 0 Å². The van der Waals surface area contributed by atoms with Crippen LogP contribution in [0.5, 0.6) is 0 Å². The molecule has 0 aliphatic carbocycles. The number of hydrogen-bond donors (Lipinski definition) is 2. The molecule has 0 saturated carbocycles. The number of aromatic amines is 1. The Morgan fingerprint density at radius 3 is 2.93 bits per heavy atom. The van der Waals surface area contributed by atoms with Crippen molar-refractivity contribution in [1.29, 1.82) is 0 Å². The van der Waals surface area contributed by atoms with E-state index in [1.807, 2.05) is 20.3 Å². The molecule has 74 valence electrons. The zero-order chi connectivity index (χ0) is 9.97. The van der Waals surface area contributed by atoms with Gasteiger partial charge in [-0.05, 0) is 7.05 Å². The molecule has 0 aliphatic rings. The summed E-state index contributed by atoms with van der Waals surface area (Å²) in [6.45, 7) is 0. The molecule has 14 heavy (non-hydrogen) atoms. The van der Waals surface area contributed by atoms with Crippen LogP contribution in [0, 0.1) is 0 Å². The maximum Gasteiger partial charge on any atom is 0.148 e. The van der Waals surface area contributed by atoms with Gasteiger partial charge >= 0.3 is 0 Å². The fourth-order valence-electron chi connectivity index (χ4n) is 1.43. The molecule has 0 amide bonds. The molecule has 0 aliphatic heterocycles. The van der Waals surface area contributed by atoms with Crippen LogP contribution in [0.3, 0.4) is 0 Å². The molecule has 0 bridgehead atoms. The minimum absolute atomic E-state index is 0.0289. The Morgan fingerprint density at radius 2 is 2.43 bits per heavy atom. The highest BCUT2D eigenvalue weighted by Crippen LogP contribution is 2.16. The van der Waals surface area contributed by atoms with E-state index >= 15 is 0 Å². The van der Waals surface area contributed by atoms with Gasteiger partial charge in [-0.25, -0.2) is 4.98 Å². The third-order valence-corrected chi connectivity index (χ3v) is 2.15. The zero-order valence-electron chi connectivity index (χ0n) is 8.10. The average molecular weight is 192 g/mol. The molecule has 2 N–H and O–H groups in total. The van der Waals surface area contributed by atoms with Crippen LogP contribution in [0.25, 0.3) is 0 Å². The van der Waals surface area contributed by atoms with E-state index in [1.54, 1.807) is 17.2 Å². The minimum atomic E-state index is 0.0289. The summed E-state index contributed by atoms with van der Waals surface area (Å²) < 4.78 is 1.74. The molecule has 0 aromatic carbocycles. The molecule has 2 aromatic rings. The number of nitrogens with one attached hydrogen (secondary N) is 2. The summed E-state index contributed by atoms with van der Waals surface area (Å²) in [5.41, 5.74) is 1.05. The van der Waals surface area contributed by atoms with Crippen molar-refractivity contribution < 1.29 is 0 Å². The monoisotopic (exact) mass is 192 g/mol. The Balaban J connectivity index is 2.36. The summed E-state index contributed by atoms with van der Waals surface area (Å²) in [5.74, 6) is 0.869. The van der Waals surface area contributed by atoms with Crippen molar-refractivity contribution in [1.82, 2.24) is 30.3 Å². The van der Waals surface area contributed by atoms with Crippen LogP contribution in [0.4, 0.5) is 0 Å². The van der Waals surface area contributed by atoms with Crippen LogP contribution in [0.2, 0.25) is 0 Å². The zero-order valence-corrected chi connectivity index (χ0v) is 8.10. The summed E-state index contributed by atoms with van der Waals surface area (Å²) in [6.07, 6.45) is 5.16. The largest absolute Gasteiger partial charge is 0.307 e. The summed E-state index contributed by atoms with van der Waals surface area (Å²) in [5, 5.41) is 13.9. The lowest BCUT2D eigenvalue weighted by Gasteiger charge is -2.12. The average Bonchev–Trinajstić information content (AvgIpc) is 2.80. The Bertz CT molecular complexity index is 390. The highest BCUT2D eigenvalue weighted by atomic mass is 15.3. The molecule has 0 spiro atoms. The number of aryl methyl sites for hydroxylation is 1. The number of aromatic nitrogens is 5. The standard InChI is InChI=1S/C8H12N6/c1-9-7(6-3-11-12-4-6)8-10-5-13-14(8)2/h3-5,7,9H,1-2H3,(H,11,12). The van der Waals surface area contributed by atoms with Gasteiger partial charge in [-0.1, -0.05) is 0 Å². The summed E-state index contributed by atoms with van der Waals surface area (Å²) in [6, 6.07) is 0.0289. The Morgan fingerprint density at radius 1 is 1.57 bits per heavy atom. The quantitative estimate of drug-likeness (QED) is 0.709. The summed E-state index contributed by atoms with van der Waals surface area (Å²) in [4.78, 5) is 4.19. The van der Waals surface area contributed by atoms with E-state index < -0.39 is 0 Å². The second-order valence-electron chi connectivity index (χ2n) is 3.00. The molecule has 0 fully saturated rings. The van der Waals surface area contributed by atoms with Crippen LogP contribution < -0.4 is 5.32 Å². The molecule has 6 nitrogen and oxygen atoms in total. The van der Waals surface area contributed by atoms with Crippen molar-refractivity contribution >= 4 is 0 Å². The number of H-pyrrole nitrogens is 1. The van der Waals surface area contributed by atoms with E-state index in [-0.39, 0.29) is 6.04 Å². The lowest BCUT2D eigenvalue weighted by atomic mass is 10.1. The van der Waals surface area contributed by atoms with E-state index in [0.717, 1.165) is 11.4 Å². The van der Waals surface area contributed by atoms with Crippen LogP contribution in [0.15, 0.2) is 18.7 Å². The van der Waals surface area contributed by atoms with Crippen molar-refractivity contribution in [2.24, 2.45) is 7.05 Å². The third kappa shape index (κ3) is 1.39. The first kappa shape index (κ1) is 8.89. The Kier molecular flexibility index (Phi) is 2.28. The molecular formula is C8H12N6. The van der Waals surface area contributed by atoms with E-state index in [9.17, 15) is 0 Å². The molecular weight excluding hydrogens is 180 g/mol. The smallest absolute Gasteiger partial charge is 0.148 e. The summed E-state index contributed by atoms with van der Waals surface area (Å²) >= 11 is 0. The van der Waals surface area contributed by atoms with Gasteiger partial charge in [0, 0.05) is 18.8 Å². The first-order valence-electron chi connectivity index (χ1n) is 4.32. The van der Waals surface area contributed by atoms with Crippen LogP contribution in [-0.4, -0.2) is 32.0 Å². The van der Waals surface area contributed by atoms with Crippen molar-refractivity contribution in [3.05, 3.63) is 30.1 Å². The summed E-state index contributed by atoms with van der Waals surface area (Å²) in [7, 11) is 3.75. The van der Waals surface area contributed by atoms with Crippen LogP contribution in [-0.2, 0) is 7.05 Å². The topological polar surface area (TPSA) is 71.4 Å². The molecule has 2 rings (SSSR count). The van der Waals surface area contributed by atoms with E-state index in [4.69, 9.17) is 0 Å². The lowest BCUT2D eigenvalue weighted by Crippen LogP contribution is -2.21. The van der Waals surface area contributed by atoms with E-state index in [0.29, 0.717) is 0 Å². The van der Waals surface area contributed by atoms with Crippen molar-refractivity contribution in [2.75, 3.05) is 7.05 Å². The molecule has 0 saturated heterocycles. The second-order valence-corrected chi connectivity index (χ2v) is 3.00. The van der Waals surface area contributed by atoms with E-state index in [1.165, 1.54) is 0 Å². The van der Waals surface area contributed by atoms with Gasteiger partial charge in [0.05, 0.1) is 12.2 Å². The molecule has 6 heteroatoms. The Labute approximate surface area is 81.4 Å². The second kappa shape index (κ2) is 3.59. The number of rotatable bonds is 3. The predicted molar refractivity (Wildman–Crippen MR) is 50.5 cm³/mol. The van der Waals surface area contributed by atoms with Gasteiger partial charge in [-0.15, -0.1) is 0 Å². The van der Waals surface area contributed by atoms with Crippen molar-refractivity contribution in [2.45, 2.75) is 6.04 Å². The van der Waals surface area contributed by atoms with Crippen molar-refractivity contribution in [3.63, 3.8) is 0 Å². The van der Waals surface area contributed by atoms with Gasteiger partial charge in [0.15, 0.2) is 0 Å². The van der Waals surface area contributed by atoms with Crippen molar-refractivity contribution in [3.8, 4) is 0 Å². The molecule has 2 aromatic heterocycles. The van der Waals surface area contributed by atoms with Gasteiger partial charge in [0.2, 0.25) is 0 Å². The van der Waals surface area contributed by atoms with Gasteiger partial charge in [0.25, 0.3) is 0 Å². The minimum Gasteiger partial charge on any atom is -0.307 e. The molecule has 2 heterocycles. The Hall–Kier alpha value is -1.69. The first-order chi connectivity index (χ1) is 6.83. The van der Waals surface area contributed by atoms with E-state index in [2.05, 4.69) is 25.6 Å². The lowest BCUT2D eigenvalue weighted by molar-refractivity contribution is 0.591. The molecule has 1 atom stereocenters. The normalized spacial score (nSPS) is 13.0. The van der Waals surface area contributed by atoms with Gasteiger partial charge in [-0.3, -0.25) is 9.78 Å². The van der Waals surface area contributed by atoms with Gasteiger partial charge in [-0.2, -0.15) is 10.2 Å². The fourth-order valence-corrected chi connectivity index (χ4v) is 1.43. The fraction of sp³-hybridized carbons (Fsp3) is 0.375. The van der Waals surface area contributed by atoms with Gasteiger partial charge in [0.1, 0.15) is 12.2 Å². The molecule has 1 unspecified atom stereocenters. The maximum atomic E-state index is 4.19. The SMILES string of the molecule is CNC(c1cn[nH]c1)c1ncnn1C. The molecule has 0 radical (unpaired) electrons.